The summed E-state index contributed by atoms with van der Waals surface area (Å²) in [5, 5.41) is 0. The third kappa shape index (κ3) is 3.04. The summed E-state index contributed by atoms with van der Waals surface area (Å²) in [6.07, 6.45) is 0.164. The van der Waals surface area contributed by atoms with Crippen molar-refractivity contribution in [1.29, 1.82) is 0 Å². The van der Waals surface area contributed by atoms with Gasteiger partial charge in [-0.25, -0.2) is 0 Å². The SMILES string of the molecule is NCC1CN(Cc2ccc(Br)o2)CCO1. The predicted octanol–water partition coefficient (Wildman–Crippen LogP) is 1.20. The summed E-state index contributed by atoms with van der Waals surface area (Å²) in [4.78, 5) is 2.30. The molecule has 84 valence electrons. The number of nitrogens with two attached hydrogens (primary N) is 1. The van der Waals surface area contributed by atoms with Crippen molar-refractivity contribution in [3.05, 3.63) is 22.6 Å². The Morgan fingerprint density at radius 3 is 3.07 bits per heavy atom. The van der Waals surface area contributed by atoms with Crippen molar-refractivity contribution < 1.29 is 9.15 Å². The monoisotopic (exact) mass is 274 g/mol. The molecule has 1 aliphatic heterocycles. The van der Waals surface area contributed by atoms with Gasteiger partial charge in [0.2, 0.25) is 0 Å². The van der Waals surface area contributed by atoms with Crippen LogP contribution in [0.15, 0.2) is 21.2 Å². The van der Waals surface area contributed by atoms with E-state index < -0.39 is 0 Å². The first-order valence-electron chi connectivity index (χ1n) is 5.06. The van der Waals surface area contributed by atoms with E-state index >= 15 is 0 Å². The quantitative estimate of drug-likeness (QED) is 0.900. The van der Waals surface area contributed by atoms with Gasteiger partial charge in [-0.15, -0.1) is 0 Å². The minimum absolute atomic E-state index is 0.164. The zero-order valence-electron chi connectivity index (χ0n) is 8.49. The van der Waals surface area contributed by atoms with Crippen LogP contribution in [0.4, 0.5) is 0 Å². The molecule has 1 aromatic heterocycles. The fourth-order valence-electron chi connectivity index (χ4n) is 1.72. The summed E-state index contributed by atoms with van der Waals surface area (Å²) in [5.74, 6) is 0.972. The van der Waals surface area contributed by atoms with Crippen molar-refractivity contribution in [2.24, 2.45) is 5.73 Å². The molecule has 0 aliphatic carbocycles. The molecule has 1 saturated heterocycles. The maximum absolute atomic E-state index is 5.58. The van der Waals surface area contributed by atoms with Gasteiger partial charge in [-0.3, -0.25) is 4.90 Å². The first-order valence-corrected chi connectivity index (χ1v) is 5.85. The third-order valence-corrected chi connectivity index (χ3v) is 2.92. The number of morpholine rings is 1. The van der Waals surface area contributed by atoms with Gasteiger partial charge in [0.1, 0.15) is 5.76 Å². The summed E-state index contributed by atoms with van der Waals surface area (Å²) in [5.41, 5.74) is 5.58. The minimum atomic E-state index is 0.164. The van der Waals surface area contributed by atoms with Gasteiger partial charge < -0.3 is 14.9 Å². The van der Waals surface area contributed by atoms with Gasteiger partial charge in [0, 0.05) is 19.6 Å². The van der Waals surface area contributed by atoms with Gasteiger partial charge in [0.15, 0.2) is 4.67 Å². The second-order valence-corrected chi connectivity index (χ2v) is 4.45. The highest BCUT2D eigenvalue weighted by Crippen LogP contribution is 2.16. The molecular formula is C10H15BrN2O2. The van der Waals surface area contributed by atoms with E-state index in [4.69, 9.17) is 14.9 Å². The molecule has 1 aliphatic rings. The Labute approximate surface area is 97.5 Å². The molecule has 5 heteroatoms. The zero-order valence-corrected chi connectivity index (χ0v) is 10.1. The molecule has 1 atom stereocenters. The van der Waals surface area contributed by atoms with E-state index in [2.05, 4.69) is 20.8 Å². The van der Waals surface area contributed by atoms with E-state index in [1.165, 1.54) is 0 Å². The Hall–Kier alpha value is -0.360. The molecular weight excluding hydrogens is 260 g/mol. The summed E-state index contributed by atoms with van der Waals surface area (Å²) in [6, 6.07) is 3.90. The molecule has 1 unspecified atom stereocenters. The van der Waals surface area contributed by atoms with Crippen molar-refractivity contribution in [3.63, 3.8) is 0 Å². The van der Waals surface area contributed by atoms with Crippen LogP contribution < -0.4 is 5.73 Å². The Balaban J connectivity index is 1.88. The number of ether oxygens (including phenoxy) is 1. The standard InChI is InChI=1S/C10H15BrN2O2/c11-10-2-1-8(15-10)6-13-3-4-14-9(5-12)7-13/h1-2,9H,3-7,12H2. The molecule has 0 bridgehead atoms. The lowest BCUT2D eigenvalue weighted by atomic mass is 10.2. The van der Waals surface area contributed by atoms with E-state index in [0.717, 1.165) is 36.7 Å². The van der Waals surface area contributed by atoms with Gasteiger partial charge in [-0.05, 0) is 28.1 Å². The van der Waals surface area contributed by atoms with E-state index in [1.54, 1.807) is 0 Å². The molecule has 4 nitrogen and oxygen atoms in total. The first kappa shape index (κ1) is 11.1. The van der Waals surface area contributed by atoms with Gasteiger partial charge in [0.05, 0.1) is 19.3 Å². The molecule has 0 spiro atoms. The van der Waals surface area contributed by atoms with Crippen LogP contribution in [0.2, 0.25) is 0 Å². The molecule has 2 rings (SSSR count). The molecule has 0 aromatic carbocycles. The molecule has 2 heterocycles. The summed E-state index contributed by atoms with van der Waals surface area (Å²) in [6.45, 7) is 3.98. The average Bonchev–Trinajstić information content (AvgIpc) is 2.64. The van der Waals surface area contributed by atoms with E-state index in [0.29, 0.717) is 6.54 Å². The average molecular weight is 275 g/mol. The number of hydrogen-bond donors (Lipinski definition) is 1. The van der Waals surface area contributed by atoms with Gasteiger partial charge in [-0.2, -0.15) is 0 Å². The highest BCUT2D eigenvalue weighted by Gasteiger charge is 2.19. The predicted molar refractivity (Wildman–Crippen MR) is 60.5 cm³/mol. The van der Waals surface area contributed by atoms with Crippen molar-refractivity contribution in [2.45, 2.75) is 12.6 Å². The number of halogens is 1. The van der Waals surface area contributed by atoms with E-state index in [-0.39, 0.29) is 6.10 Å². The second kappa shape index (κ2) is 5.12. The van der Waals surface area contributed by atoms with Gasteiger partial charge in [0.25, 0.3) is 0 Å². The highest BCUT2D eigenvalue weighted by atomic mass is 79.9. The van der Waals surface area contributed by atoms with Crippen molar-refractivity contribution in [1.82, 2.24) is 4.90 Å². The highest BCUT2D eigenvalue weighted by molar-refractivity contribution is 9.10. The van der Waals surface area contributed by atoms with Crippen LogP contribution in [0, 0.1) is 0 Å². The molecule has 0 saturated carbocycles. The normalized spacial score (nSPS) is 23.2. The fourth-order valence-corrected chi connectivity index (χ4v) is 2.06. The van der Waals surface area contributed by atoms with Crippen LogP contribution in [0.25, 0.3) is 0 Å². The van der Waals surface area contributed by atoms with E-state index in [1.807, 2.05) is 12.1 Å². The van der Waals surface area contributed by atoms with Crippen LogP contribution in [-0.4, -0.2) is 37.2 Å². The summed E-state index contributed by atoms with van der Waals surface area (Å²) >= 11 is 3.29. The molecule has 1 fully saturated rings. The van der Waals surface area contributed by atoms with E-state index in [9.17, 15) is 0 Å². The number of nitrogens with zero attached hydrogens (tertiary/aromatic N) is 1. The van der Waals surface area contributed by atoms with Gasteiger partial charge in [-0.1, -0.05) is 0 Å². The molecule has 15 heavy (non-hydrogen) atoms. The van der Waals surface area contributed by atoms with Crippen LogP contribution in [0.5, 0.6) is 0 Å². The maximum Gasteiger partial charge on any atom is 0.169 e. The molecule has 0 amide bonds. The van der Waals surface area contributed by atoms with Crippen LogP contribution in [0.1, 0.15) is 5.76 Å². The Morgan fingerprint density at radius 1 is 1.53 bits per heavy atom. The topological polar surface area (TPSA) is 51.6 Å². The largest absolute Gasteiger partial charge is 0.453 e. The lowest BCUT2D eigenvalue weighted by molar-refractivity contribution is -0.0279. The van der Waals surface area contributed by atoms with Crippen LogP contribution in [-0.2, 0) is 11.3 Å². The Bertz CT molecular complexity index is 316. The fraction of sp³-hybridized carbons (Fsp3) is 0.600. The Kier molecular flexibility index (Phi) is 3.80. The van der Waals surface area contributed by atoms with Crippen molar-refractivity contribution in [2.75, 3.05) is 26.2 Å². The minimum Gasteiger partial charge on any atom is -0.453 e. The molecule has 2 N–H and O–H groups in total. The third-order valence-electron chi connectivity index (χ3n) is 2.49. The van der Waals surface area contributed by atoms with Crippen molar-refractivity contribution in [3.8, 4) is 0 Å². The Morgan fingerprint density at radius 2 is 2.40 bits per heavy atom. The van der Waals surface area contributed by atoms with Crippen LogP contribution >= 0.6 is 15.9 Å². The van der Waals surface area contributed by atoms with Gasteiger partial charge >= 0.3 is 0 Å². The summed E-state index contributed by atoms with van der Waals surface area (Å²) in [7, 11) is 0. The zero-order chi connectivity index (χ0) is 10.7. The lowest BCUT2D eigenvalue weighted by Gasteiger charge is -2.31. The lowest BCUT2D eigenvalue weighted by Crippen LogP contribution is -2.45. The van der Waals surface area contributed by atoms with Crippen molar-refractivity contribution >= 4 is 15.9 Å². The smallest absolute Gasteiger partial charge is 0.169 e. The molecule has 0 radical (unpaired) electrons. The number of furan rings is 1. The first-order chi connectivity index (χ1) is 7.28. The number of rotatable bonds is 3. The molecule has 1 aromatic rings. The van der Waals surface area contributed by atoms with Crippen LogP contribution in [0.3, 0.4) is 0 Å². The summed E-state index contributed by atoms with van der Waals surface area (Å²) < 4.78 is 11.7. The maximum atomic E-state index is 5.58. The second-order valence-electron chi connectivity index (χ2n) is 3.67. The number of hydrogen-bond acceptors (Lipinski definition) is 4.